The van der Waals surface area contributed by atoms with Crippen molar-refractivity contribution in [2.24, 2.45) is 7.05 Å². The SMILES string of the molecule is Cn1cc(C(F)(F)F)nc1-c1ccc(Cc2c[nH]c3cnc(-c4cccnc4O)nc23)cc1. The van der Waals surface area contributed by atoms with Crippen molar-refractivity contribution in [1.29, 1.82) is 0 Å². The number of aromatic amines is 1. The number of aromatic hydroxyl groups is 1. The van der Waals surface area contributed by atoms with E-state index in [1.165, 1.54) is 17.8 Å². The second-order valence-corrected chi connectivity index (χ2v) is 7.58. The van der Waals surface area contributed by atoms with Crippen molar-refractivity contribution in [3.63, 3.8) is 0 Å². The van der Waals surface area contributed by atoms with Crippen LogP contribution in [0.5, 0.6) is 5.88 Å². The topological polar surface area (TPSA) is 92.5 Å². The number of fused-ring (bicyclic) bond motifs is 1. The molecule has 5 rings (SSSR count). The molecule has 0 amide bonds. The minimum Gasteiger partial charge on any atom is -0.493 e. The van der Waals surface area contributed by atoms with Gasteiger partial charge in [-0.1, -0.05) is 24.3 Å². The molecule has 0 unspecified atom stereocenters. The van der Waals surface area contributed by atoms with Gasteiger partial charge in [0.25, 0.3) is 0 Å². The highest BCUT2D eigenvalue weighted by atomic mass is 19.4. The Labute approximate surface area is 185 Å². The predicted octanol–water partition coefficient (Wildman–Crippen LogP) is 4.74. The summed E-state index contributed by atoms with van der Waals surface area (Å²) in [6, 6.07) is 10.6. The van der Waals surface area contributed by atoms with E-state index < -0.39 is 11.9 Å². The highest BCUT2D eigenvalue weighted by Gasteiger charge is 2.34. The van der Waals surface area contributed by atoms with Gasteiger partial charge in [-0.3, -0.25) is 0 Å². The van der Waals surface area contributed by atoms with Crippen LogP contribution in [0.1, 0.15) is 16.8 Å². The quantitative estimate of drug-likeness (QED) is 0.413. The number of nitrogens with one attached hydrogen (secondary N) is 1. The lowest BCUT2D eigenvalue weighted by Crippen LogP contribution is -2.04. The zero-order valence-electron chi connectivity index (χ0n) is 17.3. The van der Waals surface area contributed by atoms with Gasteiger partial charge < -0.3 is 14.7 Å². The molecule has 4 aromatic heterocycles. The Morgan fingerprint density at radius 3 is 2.55 bits per heavy atom. The maximum Gasteiger partial charge on any atom is 0.434 e. The van der Waals surface area contributed by atoms with Crippen molar-refractivity contribution in [2.75, 3.05) is 0 Å². The molecule has 166 valence electrons. The van der Waals surface area contributed by atoms with Crippen LogP contribution >= 0.6 is 0 Å². The largest absolute Gasteiger partial charge is 0.493 e. The molecule has 0 saturated carbocycles. The molecule has 0 aliphatic rings. The summed E-state index contributed by atoms with van der Waals surface area (Å²) < 4.78 is 40.2. The van der Waals surface area contributed by atoms with E-state index in [0.29, 0.717) is 28.9 Å². The number of alkyl halides is 3. The van der Waals surface area contributed by atoms with Crippen LogP contribution in [0.4, 0.5) is 13.2 Å². The molecular weight excluding hydrogens is 433 g/mol. The van der Waals surface area contributed by atoms with Gasteiger partial charge in [-0.25, -0.2) is 19.9 Å². The van der Waals surface area contributed by atoms with E-state index in [0.717, 1.165) is 22.8 Å². The molecule has 0 aliphatic heterocycles. The Hall–Kier alpha value is -4.21. The van der Waals surface area contributed by atoms with E-state index in [2.05, 4.69) is 24.9 Å². The van der Waals surface area contributed by atoms with Crippen molar-refractivity contribution in [3.8, 4) is 28.7 Å². The molecule has 0 fully saturated rings. The number of imidazole rings is 1. The highest BCUT2D eigenvalue weighted by molar-refractivity contribution is 5.81. The highest BCUT2D eigenvalue weighted by Crippen LogP contribution is 2.31. The fourth-order valence-electron chi connectivity index (χ4n) is 3.66. The Kier molecular flexibility index (Phi) is 4.85. The standard InChI is InChI=1S/C23H17F3N6O/c1-32-12-18(23(24,25)26)30-21(32)14-6-4-13(5-7-14)9-15-10-28-17-11-29-20(31-19(15)17)16-3-2-8-27-22(16)33/h2-8,10-12,28H,9H2,1H3,(H,27,33). The van der Waals surface area contributed by atoms with Crippen LogP contribution in [0.3, 0.4) is 0 Å². The van der Waals surface area contributed by atoms with Crippen LogP contribution in [0.15, 0.2) is 61.2 Å². The number of aryl methyl sites for hydroxylation is 1. The van der Waals surface area contributed by atoms with E-state index in [1.54, 1.807) is 30.5 Å². The summed E-state index contributed by atoms with van der Waals surface area (Å²) >= 11 is 0. The number of H-pyrrole nitrogens is 1. The average Bonchev–Trinajstić information content (AvgIpc) is 3.38. The number of hydrogen-bond donors (Lipinski definition) is 2. The van der Waals surface area contributed by atoms with Gasteiger partial charge in [0.15, 0.2) is 11.5 Å². The number of pyridine rings is 1. The van der Waals surface area contributed by atoms with Crippen LogP contribution in [-0.2, 0) is 19.6 Å². The van der Waals surface area contributed by atoms with E-state index in [9.17, 15) is 18.3 Å². The van der Waals surface area contributed by atoms with Gasteiger partial charge in [-0.05, 0) is 17.7 Å². The van der Waals surface area contributed by atoms with Crippen LogP contribution < -0.4 is 0 Å². The van der Waals surface area contributed by atoms with Gasteiger partial charge in [0.05, 0.1) is 22.8 Å². The lowest BCUT2D eigenvalue weighted by molar-refractivity contribution is -0.140. The first kappa shape index (κ1) is 20.7. The zero-order valence-corrected chi connectivity index (χ0v) is 17.3. The van der Waals surface area contributed by atoms with Gasteiger partial charge in [0.2, 0.25) is 5.88 Å². The third-order valence-electron chi connectivity index (χ3n) is 5.30. The summed E-state index contributed by atoms with van der Waals surface area (Å²) in [5.41, 5.74) is 3.44. The number of halogens is 3. The van der Waals surface area contributed by atoms with Crippen molar-refractivity contribution < 1.29 is 18.3 Å². The maximum absolute atomic E-state index is 13.0. The molecule has 0 aliphatic carbocycles. The van der Waals surface area contributed by atoms with Crippen LogP contribution in [0.25, 0.3) is 33.8 Å². The lowest BCUT2D eigenvalue weighted by Gasteiger charge is -2.05. The first-order chi connectivity index (χ1) is 15.8. The summed E-state index contributed by atoms with van der Waals surface area (Å²) in [5.74, 6) is 0.460. The third-order valence-corrected chi connectivity index (χ3v) is 5.30. The van der Waals surface area contributed by atoms with Gasteiger partial charge in [-0.15, -0.1) is 0 Å². The first-order valence-corrected chi connectivity index (χ1v) is 9.97. The number of hydrogen-bond acceptors (Lipinski definition) is 5. The predicted molar refractivity (Wildman–Crippen MR) is 115 cm³/mol. The summed E-state index contributed by atoms with van der Waals surface area (Å²) in [7, 11) is 1.54. The fourth-order valence-corrected chi connectivity index (χ4v) is 3.66. The molecule has 7 nitrogen and oxygen atoms in total. The van der Waals surface area contributed by atoms with Crippen LogP contribution in [0.2, 0.25) is 0 Å². The van der Waals surface area contributed by atoms with Crippen molar-refractivity contribution in [3.05, 3.63) is 78.0 Å². The van der Waals surface area contributed by atoms with Gasteiger partial charge >= 0.3 is 6.18 Å². The molecule has 2 N–H and O–H groups in total. The molecule has 0 bridgehead atoms. The number of nitrogens with zero attached hydrogens (tertiary/aromatic N) is 5. The average molecular weight is 450 g/mol. The lowest BCUT2D eigenvalue weighted by atomic mass is 10.0. The maximum atomic E-state index is 13.0. The molecule has 0 atom stereocenters. The summed E-state index contributed by atoms with van der Waals surface area (Å²) in [4.78, 5) is 19.6. The van der Waals surface area contributed by atoms with E-state index >= 15 is 0 Å². The van der Waals surface area contributed by atoms with E-state index in [4.69, 9.17) is 0 Å². The number of aromatic nitrogens is 6. The van der Waals surface area contributed by atoms with Crippen molar-refractivity contribution in [1.82, 2.24) is 29.5 Å². The summed E-state index contributed by atoms with van der Waals surface area (Å²) in [6.07, 6.45) is 2.01. The second kappa shape index (κ2) is 7.73. The van der Waals surface area contributed by atoms with E-state index in [-0.39, 0.29) is 11.7 Å². The monoisotopic (exact) mass is 450 g/mol. The molecule has 0 radical (unpaired) electrons. The van der Waals surface area contributed by atoms with Crippen molar-refractivity contribution in [2.45, 2.75) is 12.6 Å². The summed E-state index contributed by atoms with van der Waals surface area (Å²) in [6.45, 7) is 0. The van der Waals surface area contributed by atoms with Gasteiger partial charge in [-0.2, -0.15) is 13.2 Å². The Morgan fingerprint density at radius 1 is 1.06 bits per heavy atom. The molecule has 0 spiro atoms. The molecule has 10 heteroatoms. The summed E-state index contributed by atoms with van der Waals surface area (Å²) in [5, 5.41) is 10.0. The molecule has 4 heterocycles. The molecule has 0 saturated heterocycles. The Bertz CT molecular complexity index is 1450. The zero-order chi connectivity index (χ0) is 23.2. The Balaban J connectivity index is 1.43. The molecule has 1 aromatic carbocycles. The Morgan fingerprint density at radius 2 is 1.85 bits per heavy atom. The van der Waals surface area contributed by atoms with Crippen molar-refractivity contribution >= 4 is 11.0 Å². The minimum absolute atomic E-state index is 0.146. The third kappa shape index (κ3) is 3.91. The second-order valence-electron chi connectivity index (χ2n) is 7.58. The minimum atomic E-state index is -4.49. The van der Waals surface area contributed by atoms with Crippen LogP contribution in [0, 0.1) is 0 Å². The fraction of sp³-hybridized carbons (Fsp3) is 0.130. The first-order valence-electron chi connectivity index (χ1n) is 9.97. The number of rotatable bonds is 4. The molecule has 5 aromatic rings. The molecule has 33 heavy (non-hydrogen) atoms. The normalized spacial score (nSPS) is 11.9. The smallest absolute Gasteiger partial charge is 0.434 e. The van der Waals surface area contributed by atoms with Crippen LogP contribution in [-0.4, -0.2) is 34.6 Å². The van der Waals surface area contributed by atoms with Gasteiger partial charge in [0, 0.05) is 43.2 Å². The van der Waals surface area contributed by atoms with E-state index in [1.807, 2.05) is 18.3 Å². The van der Waals surface area contributed by atoms with Gasteiger partial charge in [0.1, 0.15) is 5.82 Å². The number of benzene rings is 1. The molecular formula is C23H17F3N6O.